The second-order valence-corrected chi connectivity index (χ2v) is 7.14. The van der Waals surface area contributed by atoms with E-state index in [-0.39, 0.29) is 17.9 Å². The van der Waals surface area contributed by atoms with Gasteiger partial charge < -0.3 is 9.64 Å². The van der Waals surface area contributed by atoms with Gasteiger partial charge in [0.05, 0.1) is 15.6 Å². The maximum Gasteiger partial charge on any atom is 0.213 e. The molecule has 1 aliphatic rings. The molecule has 1 aliphatic heterocycles. The first-order valence-corrected chi connectivity index (χ1v) is 8.94. The lowest BCUT2D eigenvalue weighted by Gasteiger charge is -2.25. The molecule has 0 radical (unpaired) electrons. The van der Waals surface area contributed by atoms with Gasteiger partial charge in [0, 0.05) is 37.2 Å². The Morgan fingerprint density at radius 1 is 1.31 bits per heavy atom. The zero-order valence-electron chi connectivity index (χ0n) is 14.1. The molecule has 3 atom stereocenters. The number of halogens is 2. The molecule has 1 amide bonds. The third-order valence-corrected chi connectivity index (χ3v) is 5.43. The van der Waals surface area contributed by atoms with Crippen LogP contribution in [0.4, 0.5) is 0 Å². The number of rotatable bonds is 5. The molecule has 1 saturated heterocycles. The fourth-order valence-electron chi connectivity index (χ4n) is 3.31. The minimum atomic E-state index is -0.181. The van der Waals surface area contributed by atoms with Gasteiger partial charge in [0.15, 0.2) is 0 Å². The molecule has 0 spiro atoms. The SMILES string of the molecule is C[C@H](Oc1ccc(C#N)cn1)C1CN(C=O)C[C@@H]1c1ccc(Cl)c(Cl)c1. The molecule has 0 N–H and O–H groups in total. The maximum atomic E-state index is 11.3. The number of ether oxygens (including phenoxy) is 1. The van der Waals surface area contributed by atoms with E-state index in [4.69, 9.17) is 33.2 Å². The second kappa shape index (κ2) is 7.94. The van der Waals surface area contributed by atoms with Crippen molar-refractivity contribution in [3.63, 3.8) is 0 Å². The summed E-state index contributed by atoms with van der Waals surface area (Å²) in [5.41, 5.74) is 1.50. The summed E-state index contributed by atoms with van der Waals surface area (Å²) in [5, 5.41) is 9.85. The van der Waals surface area contributed by atoms with Gasteiger partial charge in [0.2, 0.25) is 12.3 Å². The van der Waals surface area contributed by atoms with Crippen LogP contribution in [-0.4, -0.2) is 35.5 Å². The molecule has 5 nitrogen and oxygen atoms in total. The van der Waals surface area contributed by atoms with Crippen LogP contribution in [0.25, 0.3) is 0 Å². The summed E-state index contributed by atoms with van der Waals surface area (Å²) in [6.45, 7) is 3.15. The summed E-state index contributed by atoms with van der Waals surface area (Å²) < 4.78 is 5.97. The minimum absolute atomic E-state index is 0.0786. The smallest absolute Gasteiger partial charge is 0.213 e. The molecule has 7 heteroatoms. The van der Waals surface area contributed by atoms with E-state index in [1.165, 1.54) is 6.20 Å². The van der Waals surface area contributed by atoms with Crippen LogP contribution in [-0.2, 0) is 4.79 Å². The predicted octanol–water partition coefficient (Wildman–Crippen LogP) is 3.90. The highest BCUT2D eigenvalue weighted by molar-refractivity contribution is 6.42. The number of amides is 1. The molecule has 2 heterocycles. The van der Waals surface area contributed by atoms with Gasteiger partial charge in [-0.15, -0.1) is 0 Å². The summed E-state index contributed by atoms with van der Waals surface area (Å²) in [5.74, 6) is 0.618. The summed E-state index contributed by atoms with van der Waals surface area (Å²) in [6, 6.07) is 10.9. The molecular formula is C19H17Cl2N3O2. The van der Waals surface area contributed by atoms with Crippen molar-refractivity contribution in [3.8, 4) is 11.9 Å². The monoisotopic (exact) mass is 389 g/mol. The van der Waals surface area contributed by atoms with Gasteiger partial charge in [-0.25, -0.2) is 4.98 Å². The number of likely N-dealkylation sites (tertiary alicyclic amines) is 1. The Balaban J connectivity index is 1.80. The Labute approximate surface area is 162 Å². The van der Waals surface area contributed by atoms with E-state index in [9.17, 15) is 4.79 Å². The highest BCUT2D eigenvalue weighted by atomic mass is 35.5. The van der Waals surface area contributed by atoms with Crippen molar-refractivity contribution in [2.75, 3.05) is 13.1 Å². The van der Waals surface area contributed by atoms with Crippen LogP contribution < -0.4 is 4.74 Å². The first-order valence-electron chi connectivity index (χ1n) is 8.19. The molecular weight excluding hydrogens is 373 g/mol. The van der Waals surface area contributed by atoms with Crippen molar-refractivity contribution in [3.05, 3.63) is 57.7 Å². The van der Waals surface area contributed by atoms with Gasteiger partial charge in [0.25, 0.3) is 0 Å². The summed E-state index contributed by atoms with van der Waals surface area (Å²) in [6.07, 6.45) is 2.15. The van der Waals surface area contributed by atoms with E-state index >= 15 is 0 Å². The van der Waals surface area contributed by atoms with Crippen molar-refractivity contribution in [2.45, 2.75) is 18.9 Å². The van der Waals surface area contributed by atoms with E-state index in [0.29, 0.717) is 34.6 Å². The number of hydrogen-bond donors (Lipinski definition) is 0. The zero-order chi connectivity index (χ0) is 18.7. The molecule has 134 valence electrons. The Kier molecular flexibility index (Phi) is 5.65. The van der Waals surface area contributed by atoms with Gasteiger partial charge in [-0.1, -0.05) is 29.3 Å². The van der Waals surface area contributed by atoms with E-state index in [1.54, 1.807) is 23.1 Å². The van der Waals surface area contributed by atoms with Crippen molar-refractivity contribution in [1.29, 1.82) is 5.26 Å². The van der Waals surface area contributed by atoms with Gasteiger partial charge in [0.1, 0.15) is 12.2 Å². The molecule has 26 heavy (non-hydrogen) atoms. The quantitative estimate of drug-likeness (QED) is 0.727. The highest BCUT2D eigenvalue weighted by Gasteiger charge is 2.38. The molecule has 1 aromatic carbocycles. The summed E-state index contributed by atoms with van der Waals surface area (Å²) in [4.78, 5) is 17.2. The zero-order valence-corrected chi connectivity index (χ0v) is 15.6. The van der Waals surface area contributed by atoms with Crippen LogP contribution in [0.5, 0.6) is 5.88 Å². The Bertz CT molecular complexity index is 836. The second-order valence-electron chi connectivity index (χ2n) is 6.32. The number of carbonyl (C=O) groups excluding carboxylic acids is 1. The van der Waals surface area contributed by atoms with E-state index < -0.39 is 0 Å². The Morgan fingerprint density at radius 3 is 2.73 bits per heavy atom. The molecule has 0 aliphatic carbocycles. The Hall–Kier alpha value is -2.29. The van der Waals surface area contributed by atoms with Crippen LogP contribution in [0.1, 0.15) is 24.0 Å². The third kappa shape index (κ3) is 3.92. The van der Waals surface area contributed by atoms with Crippen LogP contribution >= 0.6 is 23.2 Å². The van der Waals surface area contributed by atoms with Crippen LogP contribution in [0.2, 0.25) is 10.0 Å². The average Bonchev–Trinajstić information content (AvgIpc) is 3.09. The number of hydrogen-bond acceptors (Lipinski definition) is 4. The average molecular weight is 390 g/mol. The van der Waals surface area contributed by atoms with Gasteiger partial charge >= 0.3 is 0 Å². The number of carbonyl (C=O) groups is 1. The fraction of sp³-hybridized carbons (Fsp3) is 0.316. The highest BCUT2D eigenvalue weighted by Crippen LogP contribution is 2.37. The molecule has 0 bridgehead atoms. The molecule has 0 saturated carbocycles. The molecule has 1 aromatic heterocycles. The van der Waals surface area contributed by atoms with Gasteiger partial charge in [-0.3, -0.25) is 4.79 Å². The largest absolute Gasteiger partial charge is 0.474 e. The minimum Gasteiger partial charge on any atom is -0.474 e. The normalized spacial score (nSPS) is 20.5. The maximum absolute atomic E-state index is 11.3. The van der Waals surface area contributed by atoms with E-state index in [0.717, 1.165) is 12.0 Å². The van der Waals surface area contributed by atoms with Crippen molar-refractivity contribution in [1.82, 2.24) is 9.88 Å². The first-order chi connectivity index (χ1) is 12.5. The van der Waals surface area contributed by atoms with Crippen LogP contribution in [0, 0.1) is 17.2 Å². The topological polar surface area (TPSA) is 66.2 Å². The lowest BCUT2D eigenvalue weighted by Crippen LogP contribution is -2.29. The third-order valence-electron chi connectivity index (χ3n) is 4.69. The molecule has 1 fully saturated rings. The number of nitriles is 1. The number of nitrogens with zero attached hydrogens (tertiary/aromatic N) is 3. The predicted molar refractivity (Wildman–Crippen MR) is 99.4 cm³/mol. The van der Waals surface area contributed by atoms with Crippen molar-refractivity contribution in [2.24, 2.45) is 5.92 Å². The summed E-state index contributed by atoms with van der Waals surface area (Å²) in [7, 11) is 0. The van der Waals surface area contributed by atoms with Gasteiger partial charge in [-0.2, -0.15) is 5.26 Å². The van der Waals surface area contributed by atoms with E-state index in [1.807, 2.05) is 25.1 Å². The standard InChI is InChI=1S/C19H17Cl2N3O2/c1-12(26-19-5-2-13(7-22)8-23-19)15-9-24(11-25)10-16(15)14-3-4-17(20)18(21)6-14/h2-6,8,11-12,15-16H,9-10H2,1H3/t12-,15?,16+/m0/s1. The Morgan fingerprint density at radius 2 is 2.12 bits per heavy atom. The molecule has 1 unspecified atom stereocenters. The number of benzene rings is 1. The van der Waals surface area contributed by atoms with Crippen LogP contribution in [0.15, 0.2) is 36.5 Å². The van der Waals surface area contributed by atoms with E-state index in [2.05, 4.69) is 4.98 Å². The molecule has 2 aromatic rings. The molecule has 3 rings (SSSR count). The van der Waals surface area contributed by atoms with Crippen molar-refractivity contribution < 1.29 is 9.53 Å². The lowest BCUT2D eigenvalue weighted by molar-refractivity contribution is -0.117. The van der Waals surface area contributed by atoms with Crippen molar-refractivity contribution >= 4 is 29.6 Å². The number of pyridine rings is 1. The first kappa shape index (κ1) is 18.5. The lowest BCUT2D eigenvalue weighted by atomic mass is 9.86. The number of aromatic nitrogens is 1. The fourth-order valence-corrected chi connectivity index (χ4v) is 3.62. The van der Waals surface area contributed by atoms with Crippen LogP contribution in [0.3, 0.4) is 0 Å². The van der Waals surface area contributed by atoms with Gasteiger partial charge in [-0.05, 0) is 30.7 Å². The summed E-state index contributed by atoms with van der Waals surface area (Å²) >= 11 is 12.2.